The number of rotatable bonds is 2. The second-order valence-corrected chi connectivity index (χ2v) is 5.90. The molecule has 4 heteroatoms. The number of hydrogen-bond acceptors (Lipinski definition) is 4. The highest BCUT2D eigenvalue weighted by Crippen LogP contribution is 2.32. The van der Waals surface area contributed by atoms with E-state index in [4.69, 9.17) is 5.73 Å². The number of anilines is 1. The smallest absolute Gasteiger partial charge is 0.101 e. The van der Waals surface area contributed by atoms with E-state index in [0.29, 0.717) is 6.54 Å². The molecule has 102 valence electrons. The molecule has 1 fully saturated rings. The normalized spacial score (nSPS) is 23.1. The van der Waals surface area contributed by atoms with E-state index in [-0.39, 0.29) is 11.6 Å². The van der Waals surface area contributed by atoms with Crippen LogP contribution in [-0.2, 0) is 0 Å². The maximum absolute atomic E-state index is 9.31. The number of likely N-dealkylation sites (N-methyl/N-ethyl adjacent to an activating group) is 1. The molecule has 1 aliphatic heterocycles. The summed E-state index contributed by atoms with van der Waals surface area (Å²) in [4.78, 5) is 4.63. The Morgan fingerprint density at radius 1 is 1.42 bits per heavy atom. The van der Waals surface area contributed by atoms with Crippen LogP contribution in [-0.4, -0.2) is 43.2 Å². The first kappa shape index (κ1) is 13.9. The highest BCUT2D eigenvalue weighted by Gasteiger charge is 2.38. The summed E-state index contributed by atoms with van der Waals surface area (Å²) < 4.78 is 0. The minimum absolute atomic E-state index is 0.0377. The molecule has 0 aromatic heterocycles. The van der Waals surface area contributed by atoms with Gasteiger partial charge >= 0.3 is 0 Å². The third-order valence-electron chi connectivity index (χ3n) is 3.75. The van der Waals surface area contributed by atoms with Crippen LogP contribution in [0.15, 0.2) is 24.3 Å². The monoisotopic (exact) mass is 258 g/mol. The number of nitrogens with two attached hydrogens (primary N) is 1. The predicted molar refractivity (Wildman–Crippen MR) is 78.1 cm³/mol. The molecule has 2 rings (SSSR count). The van der Waals surface area contributed by atoms with Crippen LogP contribution in [0.4, 0.5) is 5.69 Å². The third kappa shape index (κ3) is 2.58. The third-order valence-corrected chi connectivity index (χ3v) is 3.75. The van der Waals surface area contributed by atoms with E-state index in [0.717, 1.165) is 24.3 Å². The van der Waals surface area contributed by atoms with Gasteiger partial charge in [0.2, 0.25) is 0 Å². The summed E-state index contributed by atoms with van der Waals surface area (Å²) in [6.45, 7) is 6.90. The number of piperazine rings is 1. The van der Waals surface area contributed by atoms with Crippen molar-refractivity contribution in [3.63, 3.8) is 0 Å². The zero-order valence-corrected chi connectivity index (χ0v) is 11.9. The van der Waals surface area contributed by atoms with Gasteiger partial charge in [0, 0.05) is 25.2 Å². The lowest BCUT2D eigenvalue weighted by Crippen LogP contribution is -2.65. The number of benzene rings is 1. The first-order valence-corrected chi connectivity index (χ1v) is 6.66. The molecular weight excluding hydrogens is 236 g/mol. The maximum Gasteiger partial charge on any atom is 0.101 e. The lowest BCUT2D eigenvalue weighted by Gasteiger charge is -2.52. The fraction of sp³-hybridized carbons (Fsp3) is 0.533. The van der Waals surface area contributed by atoms with Gasteiger partial charge in [0.05, 0.1) is 17.3 Å². The van der Waals surface area contributed by atoms with Gasteiger partial charge in [0.1, 0.15) is 6.07 Å². The number of nitriles is 1. The molecule has 19 heavy (non-hydrogen) atoms. The lowest BCUT2D eigenvalue weighted by molar-refractivity contribution is 0.182. The van der Waals surface area contributed by atoms with Gasteiger partial charge in [-0.15, -0.1) is 0 Å². The summed E-state index contributed by atoms with van der Waals surface area (Å²) in [6, 6.07) is 10.3. The highest BCUT2D eigenvalue weighted by atomic mass is 15.3. The van der Waals surface area contributed by atoms with Crippen LogP contribution in [0, 0.1) is 11.3 Å². The Kier molecular flexibility index (Phi) is 3.79. The van der Waals surface area contributed by atoms with Crippen LogP contribution < -0.4 is 10.6 Å². The van der Waals surface area contributed by atoms with Crippen molar-refractivity contribution in [2.24, 2.45) is 5.73 Å². The zero-order chi connectivity index (χ0) is 14.0. The van der Waals surface area contributed by atoms with Gasteiger partial charge < -0.3 is 15.5 Å². The molecule has 0 radical (unpaired) electrons. The molecule has 0 bridgehead atoms. The Balaban J connectivity index is 2.47. The molecule has 1 aliphatic rings. The van der Waals surface area contributed by atoms with Gasteiger partial charge in [-0.1, -0.05) is 12.1 Å². The fourth-order valence-electron chi connectivity index (χ4n) is 3.22. The molecule has 2 N–H and O–H groups in total. The Hall–Kier alpha value is -1.57. The summed E-state index contributed by atoms with van der Waals surface area (Å²) in [7, 11) is 2.12. The van der Waals surface area contributed by atoms with Gasteiger partial charge in [-0.25, -0.2) is 0 Å². The first-order chi connectivity index (χ1) is 8.99. The number of para-hydroxylation sites is 1. The van der Waals surface area contributed by atoms with Crippen LogP contribution >= 0.6 is 0 Å². The Morgan fingerprint density at radius 2 is 2.11 bits per heavy atom. The summed E-state index contributed by atoms with van der Waals surface area (Å²) in [5.74, 6) is 0. The molecule has 1 heterocycles. The first-order valence-electron chi connectivity index (χ1n) is 6.66. The SMILES string of the molecule is CN1CC(CN)N(c2ccccc2C#N)C(C)(C)C1. The van der Waals surface area contributed by atoms with Crippen LogP contribution in [0.25, 0.3) is 0 Å². The molecule has 1 saturated heterocycles. The standard InChI is InChI=1S/C15H22N4/c1-15(2)11-18(3)10-13(9-17)19(15)14-7-5-4-6-12(14)8-16/h4-7,13H,9-11,17H2,1-3H3. The van der Waals surface area contributed by atoms with Crippen molar-refractivity contribution in [1.29, 1.82) is 5.26 Å². The van der Waals surface area contributed by atoms with E-state index in [1.54, 1.807) is 0 Å². The van der Waals surface area contributed by atoms with Crippen molar-refractivity contribution in [2.45, 2.75) is 25.4 Å². The summed E-state index contributed by atoms with van der Waals surface area (Å²) >= 11 is 0. The van der Waals surface area contributed by atoms with E-state index < -0.39 is 0 Å². The minimum Gasteiger partial charge on any atom is -0.359 e. The molecule has 1 aromatic carbocycles. The molecular formula is C15H22N4. The van der Waals surface area contributed by atoms with Gasteiger partial charge in [-0.2, -0.15) is 5.26 Å². The molecule has 0 spiro atoms. The van der Waals surface area contributed by atoms with Crippen molar-refractivity contribution in [1.82, 2.24) is 4.90 Å². The Labute approximate surface area is 115 Å². The zero-order valence-electron chi connectivity index (χ0n) is 11.9. The minimum atomic E-state index is -0.0377. The van der Waals surface area contributed by atoms with Gasteiger partial charge in [0.15, 0.2) is 0 Å². The second kappa shape index (κ2) is 5.20. The highest BCUT2D eigenvalue weighted by molar-refractivity contribution is 5.62. The molecule has 0 aliphatic carbocycles. The molecule has 4 nitrogen and oxygen atoms in total. The van der Waals surface area contributed by atoms with E-state index in [2.05, 4.69) is 36.8 Å². The summed E-state index contributed by atoms with van der Waals surface area (Å²) in [5, 5.41) is 9.31. The van der Waals surface area contributed by atoms with Crippen molar-refractivity contribution in [2.75, 3.05) is 31.6 Å². The van der Waals surface area contributed by atoms with E-state index in [1.807, 2.05) is 24.3 Å². The topological polar surface area (TPSA) is 56.3 Å². The molecule has 0 amide bonds. The Bertz CT molecular complexity index is 489. The van der Waals surface area contributed by atoms with Crippen LogP contribution in [0.3, 0.4) is 0 Å². The van der Waals surface area contributed by atoms with Gasteiger partial charge in [-0.05, 0) is 33.0 Å². The number of nitrogens with zero attached hydrogens (tertiary/aromatic N) is 3. The van der Waals surface area contributed by atoms with Crippen molar-refractivity contribution < 1.29 is 0 Å². The van der Waals surface area contributed by atoms with Gasteiger partial charge in [-0.3, -0.25) is 0 Å². The largest absolute Gasteiger partial charge is 0.359 e. The van der Waals surface area contributed by atoms with Crippen molar-refractivity contribution in [3.8, 4) is 6.07 Å². The predicted octanol–water partition coefficient (Wildman–Crippen LogP) is 1.42. The molecule has 1 unspecified atom stereocenters. The molecule has 0 saturated carbocycles. The summed E-state index contributed by atoms with van der Waals surface area (Å²) in [5.41, 5.74) is 7.64. The maximum atomic E-state index is 9.31. The lowest BCUT2D eigenvalue weighted by atomic mass is 9.93. The molecule has 1 atom stereocenters. The van der Waals surface area contributed by atoms with Gasteiger partial charge in [0.25, 0.3) is 0 Å². The fourth-order valence-corrected chi connectivity index (χ4v) is 3.22. The van der Waals surface area contributed by atoms with E-state index in [9.17, 15) is 5.26 Å². The molecule has 1 aromatic rings. The summed E-state index contributed by atoms with van der Waals surface area (Å²) in [6.07, 6.45) is 0. The Morgan fingerprint density at radius 3 is 2.74 bits per heavy atom. The number of hydrogen-bond donors (Lipinski definition) is 1. The van der Waals surface area contributed by atoms with Crippen LogP contribution in [0.1, 0.15) is 19.4 Å². The van der Waals surface area contributed by atoms with E-state index in [1.165, 1.54) is 0 Å². The quantitative estimate of drug-likeness (QED) is 0.871. The average Bonchev–Trinajstić information content (AvgIpc) is 2.36. The average molecular weight is 258 g/mol. The van der Waals surface area contributed by atoms with Crippen molar-refractivity contribution in [3.05, 3.63) is 29.8 Å². The van der Waals surface area contributed by atoms with Crippen LogP contribution in [0.2, 0.25) is 0 Å². The van der Waals surface area contributed by atoms with Crippen molar-refractivity contribution >= 4 is 5.69 Å². The van der Waals surface area contributed by atoms with E-state index >= 15 is 0 Å². The van der Waals surface area contributed by atoms with Crippen LogP contribution in [0.5, 0.6) is 0 Å². The second-order valence-electron chi connectivity index (χ2n) is 5.90.